The van der Waals surface area contributed by atoms with Crippen LogP contribution in [-0.2, 0) is 32.1 Å². The second kappa shape index (κ2) is 10.4. The number of Topliss-reactive ketones (excluding diaryl/α,β-unsaturated/α-hetero) is 1. The number of alkyl halides is 2. The van der Waals surface area contributed by atoms with Gasteiger partial charge >= 0.3 is 0 Å². The lowest BCUT2D eigenvalue weighted by atomic mass is 9.44. The summed E-state index contributed by atoms with van der Waals surface area (Å²) >= 11 is 1.44. The number of thiophene rings is 1. The standard InChI is InChI=1S/C34H37F2NO7S/c1-31-8-7-19(40)11-23(31)24(35)12-22-21-13-29-34(28(42)16-39,32(21,2)14-27(41)33(22,31)36)44-30(43-29)26-6-5-20(45-26)9-17-3-4-18(15-38)25(37)10-17/h3-8,10-11,21-22,24,27,29-30,38-39,41H,9,12-16,37H2,1-2H3/t21-,22-,24-,27-,29+,30+,31-,32-,33-,34+/m0/s1. The van der Waals surface area contributed by atoms with Gasteiger partial charge in [0.25, 0.3) is 0 Å². The van der Waals surface area contributed by atoms with Gasteiger partial charge in [-0.25, -0.2) is 8.78 Å². The number of carbonyl (C=O) groups is 2. The Morgan fingerprint density at radius 1 is 1.16 bits per heavy atom. The van der Waals surface area contributed by atoms with E-state index in [2.05, 4.69) is 0 Å². The summed E-state index contributed by atoms with van der Waals surface area (Å²) in [6.45, 7) is 2.32. The Labute approximate surface area is 263 Å². The highest BCUT2D eigenvalue weighted by molar-refractivity contribution is 7.12. The second-order valence-corrected chi connectivity index (χ2v) is 14.9. The number of halogens is 2. The summed E-state index contributed by atoms with van der Waals surface area (Å²) in [6, 6.07) is 9.30. The van der Waals surface area contributed by atoms with Gasteiger partial charge in [-0.1, -0.05) is 25.1 Å². The maximum Gasteiger partial charge on any atom is 0.194 e. The zero-order valence-corrected chi connectivity index (χ0v) is 25.9. The molecule has 240 valence electrons. The average Bonchev–Trinajstić information content (AvgIpc) is 3.68. The maximum atomic E-state index is 17.6. The van der Waals surface area contributed by atoms with Crippen LogP contribution in [0.1, 0.15) is 60.3 Å². The summed E-state index contributed by atoms with van der Waals surface area (Å²) in [5.41, 5.74) is 1.49. The zero-order valence-electron chi connectivity index (χ0n) is 25.0. The van der Waals surface area contributed by atoms with E-state index in [1.165, 1.54) is 30.4 Å². The monoisotopic (exact) mass is 641 g/mol. The number of carbonyl (C=O) groups excluding carboxylic acids is 2. The molecule has 2 heterocycles. The molecule has 1 aliphatic heterocycles. The van der Waals surface area contributed by atoms with Gasteiger partial charge in [0, 0.05) is 39.3 Å². The van der Waals surface area contributed by atoms with E-state index in [4.69, 9.17) is 15.2 Å². The molecule has 3 saturated carbocycles. The minimum atomic E-state index is -2.30. The van der Waals surface area contributed by atoms with Crippen LogP contribution in [0.15, 0.2) is 54.1 Å². The normalized spacial score (nSPS) is 41.7. The van der Waals surface area contributed by atoms with Gasteiger partial charge in [-0.3, -0.25) is 9.59 Å². The van der Waals surface area contributed by atoms with Gasteiger partial charge in [0.2, 0.25) is 0 Å². The SMILES string of the molecule is C[C@]12C=CC(=O)C=C1[C@@H](F)C[C@H]1[C@@H]3C[C@H]4O[C@@H](c5ccc(Cc6ccc(CO)c(N)c6)s5)O[C@@]4(C(=O)CO)[C@@]3(C)C[C@H](O)[C@@]12F. The van der Waals surface area contributed by atoms with Crippen molar-refractivity contribution >= 4 is 28.6 Å². The predicted octanol–water partition coefficient (Wildman–Crippen LogP) is 4.06. The van der Waals surface area contributed by atoms with Crippen LogP contribution in [0.5, 0.6) is 0 Å². The Balaban J connectivity index is 1.20. The van der Waals surface area contributed by atoms with E-state index >= 15 is 8.78 Å². The van der Waals surface area contributed by atoms with Crippen molar-refractivity contribution in [1.29, 1.82) is 0 Å². The van der Waals surface area contributed by atoms with Crippen LogP contribution >= 0.6 is 11.3 Å². The van der Waals surface area contributed by atoms with Gasteiger partial charge in [0.05, 0.1) is 23.7 Å². The molecule has 5 aliphatic rings. The summed E-state index contributed by atoms with van der Waals surface area (Å²) < 4.78 is 46.4. The lowest BCUT2D eigenvalue weighted by molar-refractivity contribution is -0.234. The minimum absolute atomic E-state index is 0.0313. The van der Waals surface area contributed by atoms with E-state index < -0.39 is 76.8 Å². The summed E-state index contributed by atoms with van der Waals surface area (Å²) in [6.07, 6.45) is -0.917. The highest BCUT2D eigenvalue weighted by atomic mass is 32.1. The molecule has 8 nitrogen and oxygen atoms in total. The number of benzene rings is 1. The molecule has 0 spiro atoms. The average molecular weight is 642 g/mol. The second-order valence-electron chi connectivity index (χ2n) is 13.7. The molecule has 4 aliphatic carbocycles. The third-order valence-electron chi connectivity index (χ3n) is 11.6. The van der Waals surface area contributed by atoms with Crippen LogP contribution in [0.2, 0.25) is 0 Å². The first-order valence-corrected chi connectivity index (χ1v) is 16.1. The summed E-state index contributed by atoms with van der Waals surface area (Å²) in [4.78, 5) is 27.6. The van der Waals surface area contributed by atoms with Crippen molar-refractivity contribution in [2.75, 3.05) is 12.3 Å². The Morgan fingerprint density at radius 3 is 2.64 bits per heavy atom. The summed E-state index contributed by atoms with van der Waals surface area (Å²) in [5.74, 6) is -2.64. The number of allylic oxidation sites excluding steroid dienone is 4. The summed E-state index contributed by atoms with van der Waals surface area (Å²) in [5, 5.41) is 31.3. The topological polar surface area (TPSA) is 139 Å². The quantitative estimate of drug-likeness (QED) is 0.347. The van der Waals surface area contributed by atoms with Crippen molar-refractivity contribution in [3.63, 3.8) is 0 Å². The number of ketones is 2. The largest absolute Gasteiger partial charge is 0.398 e. The fourth-order valence-electron chi connectivity index (χ4n) is 9.41. The van der Waals surface area contributed by atoms with Crippen molar-refractivity contribution < 1.29 is 43.2 Å². The number of anilines is 1. The molecule has 7 rings (SSSR count). The first-order chi connectivity index (χ1) is 21.3. The minimum Gasteiger partial charge on any atom is -0.398 e. The van der Waals surface area contributed by atoms with Gasteiger partial charge < -0.3 is 30.5 Å². The molecule has 1 aromatic heterocycles. The molecule has 5 N–H and O–H groups in total. The molecular formula is C34H37F2NO7S. The Bertz CT molecular complexity index is 1640. The van der Waals surface area contributed by atoms with E-state index in [9.17, 15) is 24.9 Å². The van der Waals surface area contributed by atoms with Gasteiger partial charge in [0.15, 0.2) is 29.1 Å². The number of rotatable bonds is 6. The number of hydrogen-bond donors (Lipinski definition) is 4. The molecule has 0 amide bonds. The van der Waals surface area contributed by atoms with E-state index in [0.29, 0.717) is 22.5 Å². The maximum absolute atomic E-state index is 17.6. The van der Waals surface area contributed by atoms with Gasteiger partial charge in [-0.2, -0.15) is 0 Å². The fourth-order valence-corrected chi connectivity index (χ4v) is 10.4. The smallest absolute Gasteiger partial charge is 0.194 e. The van der Waals surface area contributed by atoms with E-state index in [0.717, 1.165) is 16.5 Å². The zero-order chi connectivity index (χ0) is 32.1. The Morgan fingerprint density at radius 2 is 1.93 bits per heavy atom. The van der Waals surface area contributed by atoms with Crippen molar-refractivity contribution in [3.05, 3.63) is 75.0 Å². The Kier molecular flexibility index (Phi) is 7.09. The summed E-state index contributed by atoms with van der Waals surface area (Å²) in [7, 11) is 0. The molecule has 0 bridgehead atoms. The van der Waals surface area contributed by atoms with Crippen molar-refractivity contribution in [1.82, 2.24) is 0 Å². The first-order valence-electron chi connectivity index (χ1n) is 15.3. The van der Waals surface area contributed by atoms with E-state index in [1.54, 1.807) is 13.0 Å². The number of hydrogen-bond acceptors (Lipinski definition) is 9. The third-order valence-corrected chi connectivity index (χ3v) is 12.7. The van der Waals surface area contributed by atoms with Crippen LogP contribution in [0.25, 0.3) is 0 Å². The molecule has 1 saturated heterocycles. The lowest BCUT2D eigenvalue weighted by Crippen LogP contribution is -2.70. The van der Waals surface area contributed by atoms with Crippen LogP contribution in [0.4, 0.5) is 14.5 Å². The molecule has 1 aromatic carbocycles. The molecule has 0 radical (unpaired) electrons. The first kappa shape index (κ1) is 30.8. The molecule has 0 unspecified atom stereocenters. The number of nitrogen functional groups attached to an aromatic ring is 1. The number of aliphatic hydroxyl groups excluding tert-OH is 3. The molecule has 45 heavy (non-hydrogen) atoms. The van der Waals surface area contributed by atoms with E-state index in [1.807, 2.05) is 24.3 Å². The molecule has 10 atom stereocenters. The van der Waals surface area contributed by atoms with Crippen LogP contribution in [-0.4, -0.2) is 63.1 Å². The van der Waals surface area contributed by atoms with Crippen LogP contribution in [0, 0.1) is 22.7 Å². The van der Waals surface area contributed by atoms with Gasteiger partial charge in [-0.05, 0) is 73.6 Å². The van der Waals surface area contributed by atoms with Gasteiger partial charge in [-0.15, -0.1) is 11.3 Å². The van der Waals surface area contributed by atoms with Crippen LogP contribution in [0.3, 0.4) is 0 Å². The predicted molar refractivity (Wildman–Crippen MR) is 161 cm³/mol. The van der Waals surface area contributed by atoms with E-state index in [-0.39, 0.29) is 31.4 Å². The molecular weight excluding hydrogens is 604 g/mol. The van der Waals surface area contributed by atoms with Crippen LogP contribution < -0.4 is 5.73 Å². The third kappa shape index (κ3) is 4.04. The number of nitrogens with two attached hydrogens (primary N) is 1. The van der Waals surface area contributed by atoms with Crippen molar-refractivity contribution in [2.45, 2.75) is 82.1 Å². The molecule has 11 heteroatoms. The number of fused-ring (bicyclic) bond motifs is 7. The number of ether oxygens (including phenoxy) is 2. The Hall–Kier alpha value is -2.80. The van der Waals surface area contributed by atoms with Crippen molar-refractivity contribution in [3.8, 4) is 0 Å². The van der Waals surface area contributed by atoms with Crippen molar-refractivity contribution in [2.24, 2.45) is 22.7 Å². The number of aliphatic hydroxyl groups is 3. The highest BCUT2D eigenvalue weighted by Crippen LogP contribution is 2.72. The lowest BCUT2D eigenvalue weighted by Gasteiger charge is -2.63. The van der Waals surface area contributed by atoms with Gasteiger partial charge in [0.1, 0.15) is 12.8 Å². The highest BCUT2D eigenvalue weighted by Gasteiger charge is 2.80. The fraction of sp³-hybridized carbons (Fsp3) is 0.529. The molecule has 4 fully saturated rings. The molecule has 2 aromatic rings.